The maximum atomic E-state index is 12.3. The number of hydrogen-bond donors (Lipinski definition) is 1. The van der Waals surface area contributed by atoms with E-state index in [1.165, 1.54) is 0 Å². The Bertz CT molecular complexity index is 801. The van der Waals surface area contributed by atoms with E-state index in [0.717, 1.165) is 22.2 Å². The lowest BCUT2D eigenvalue weighted by Gasteiger charge is -2.07. The second-order valence-electron chi connectivity index (χ2n) is 4.70. The van der Waals surface area contributed by atoms with E-state index in [4.69, 9.17) is 11.6 Å². The summed E-state index contributed by atoms with van der Waals surface area (Å²) in [5, 5.41) is 3.82. The van der Waals surface area contributed by atoms with Crippen LogP contribution in [-0.4, -0.2) is 10.9 Å². The van der Waals surface area contributed by atoms with Gasteiger partial charge in [-0.2, -0.15) is 0 Å². The summed E-state index contributed by atoms with van der Waals surface area (Å²) in [5.74, 6) is 0.276. The number of benzene rings is 2. The Morgan fingerprint density at radius 2 is 2.00 bits per heavy atom. The smallest absolute Gasteiger partial charge is 0.255 e. The highest BCUT2D eigenvalue weighted by Gasteiger charge is 2.07. The van der Waals surface area contributed by atoms with Gasteiger partial charge in [0.05, 0.1) is 5.52 Å². The summed E-state index contributed by atoms with van der Waals surface area (Å²) in [7, 11) is 0. The molecule has 104 valence electrons. The fraction of sp³-hybridized carbons (Fsp3) is 0.0588. The number of fused-ring (bicyclic) bond motifs is 1. The number of nitrogens with one attached hydrogen (secondary N) is 1. The molecule has 2 aromatic carbocycles. The van der Waals surface area contributed by atoms with E-state index in [1.807, 2.05) is 48.5 Å². The quantitative estimate of drug-likeness (QED) is 0.735. The number of carbonyl (C=O) groups excluding carboxylic acids is 1. The fourth-order valence-corrected chi connectivity index (χ4v) is 2.32. The molecule has 0 saturated carbocycles. The van der Waals surface area contributed by atoms with E-state index < -0.39 is 0 Å². The normalized spacial score (nSPS) is 10.5. The maximum absolute atomic E-state index is 12.3. The highest BCUT2D eigenvalue weighted by Crippen LogP contribution is 2.16. The molecular weight excluding hydrogens is 284 g/mol. The van der Waals surface area contributed by atoms with Crippen LogP contribution in [0.15, 0.2) is 60.8 Å². The molecule has 21 heavy (non-hydrogen) atoms. The number of nitrogens with zero attached hydrogens (tertiary/aromatic N) is 1. The van der Waals surface area contributed by atoms with Crippen LogP contribution in [0.4, 0.5) is 5.69 Å². The molecule has 0 aliphatic heterocycles. The second-order valence-corrected chi connectivity index (χ2v) is 4.97. The summed E-state index contributed by atoms with van der Waals surface area (Å²) in [6.45, 7) is 0. The molecule has 0 aliphatic rings. The molecule has 0 atom stereocenters. The summed E-state index contributed by atoms with van der Waals surface area (Å²) in [5.41, 5.74) is 3.19. The molecule has 0 unspecified atom stereocenters. The SMILES string of the molecule is O=C(Nc1cccc(CCl)c1)c1ccc2ncccc2c1. The van der Waals surface area contributed by atoms with Gasteiger partial charge in [-0.05, 0) is 42.0 Å². The average Bonchev–Trinajstić information content (AvgIpc) is 2.54. The van der Waals surface area contributed by atoms with Crippen molar-refractivity contribution < 1.29 is 4.79 Å². The molecular formula is C17H13ClN2O. The average molecular weight is 297 g/mol. The van der Waals surface area contributed by atoms with Gasteiger partial charge in [0.15, 0.2) is 0 Å². The zero-order chi connectivity index (χ0) is 14.7. The Morgan fingerprint density at radius 3 is 2.86 bits per heavy atom. The molecule has 0 aliphatic carbocycles. The van der Waals surface area contributed by atoms with Gasteiger partial charge >= 0.3 is 0 Å². The van der Waals surface area contributed by atoms with Gasteiger partial charge in [-0.15, -0.1) is 11.6 Å². The lowest BCUT2D eigenvalue weighted by atomic mass is 10.1. The van der Waals surface area contributed by atoms with Gasteiger partial charge in [-0.3, -0.25) is 9.78 Å². The summed E-state index contributed by atoms with van der Waals surface area (Å²) < 4.78 is 0. The fourth-order valence-electron chi connectivity index (χ4n) is 2.15. The van der Waals surface area contributed by atoms with Crippen LogP contribution < -0.4 is 5.32 Å². The van der Waals surface area contributed by atoms with Crippen LogP contribution in [0, 0.1) is 0 Å². The maximum Gasteiger partial charge on any atom is 0.255 e. The van der Waals surface area contributed by atoms with Crippen molar-refractivity contribution in [1.82, 2.24) is 4.98 Å². The van der Waals surface area contributed by atoms with Crippen LogP contribution in [-0.2, 0) is 5.88 Å². The Balaban J connectivity index is 1.86. The van der Waals surface area contributed by atoms with Gasteiger partial charge in [0, 0.05) is 28.7 Å². The van der Waals surface area contributed by atoms with Crippen molar-refractivity contribution in [3.8, 4) is 0 Å². The monoisotopic (exact) mass is 296 g/mol. The largest absolute Gasteiger partial charge is 0.322 e. The number of anilines is 1. The van der Waals surface area contributed by atoms with E-state index in [-0.39, 0.29) is 5.91 Å². The molecule has 0 fully saturated rings. The number of rotatable bonds is 3. The minimum absolute atomic E-state index is 0.146. The molecule has 3 aromatic rings. The summed E-state index contributed by atoms with van der Waals surface area (Å²) in [6.07, 6.45) is 1.74. The minimum atomic E-state index is -0.146. The van der Waals surface area contributed by atoms with Crippen molar-refractivity contribution in [3.63, 3.8) is 0 Å². The van der Waals surface area contributed by atoms with Crippen molar-refractivity contribution >= 4 is 34.1 Å². The lowest BCUT2D eigenvalue weighted by Crippen LogP contribution is -2.11. The molecule has 1 heterocycles. The standard InChI is InChI=1S/C17H13ClN2O/c18-11-12-3-1-5-15(9-12)20-17(21)14-6-7-16-13(10-14)4-2-8-19-16/h1-10H,11H2,(H,20,21). The lowest BCUT2D eigenvalue weighted by molar-refractivity contribution is 0.102. The van der Waals surface area contributed by atoms with Gasteiger partial charge in [0.25, 0.3) is 5.91 Å². The molecule has 1 amide bonds. The predicted molar refractivity (Wildman–Crippen MR) is 85.7 cm³/mol. The van der Waals surface area contributed by atoms with E-state index in [9.17, 15) is 4.79 Å². The number of carbonyl (C=O) groups is 1. The number of aromatic nitrogens is 1. The third-order valence-corrected chi connectivity index (χ3v) is 3.51. The topological polar surface area (TPSA) is 42.0 Å². The molecule has 4 heteroatoms. The minimum Gasteiger partial charge on any atom is -0.322 e. The Morgan fingerprint density at radius 1 is 1.10 bits per heavy atom. The first-order chi connectivity index (χ1) is 10.3. The number of halogens is 1. The van der Waals surface area contributed by atoms with Crippen LogP contribution in [0.3, 0.4) is 0 Å². The van der Waals surface area contributed by atoms with E-state index in [2.05, 4.69) is 10.3 Å². The first kappa shape index (κ1) is 13.6. The summed E-state index contributed by atoms with van der Waals surface area (Å²) in [4.78, 5) is 16.5. The van der Waals surface area contributed by atoms with Gasteiger partial charge in [-0.25, -0.2) is 0 Å². The molecule has 3 rings (SSSR count). The Kier molecular flexibility index (Phi) is 3.84. The Labute approximate surface area is 127 Å². The number of amides is 1. The zero-order valence-corrected chi connectivity index (χ0v) is 12.0. The number of pyridine rings is 1. The van der Waals surface area contributed by atoms with Crippen molar-refractivity contribution in [3.05, 3.63) is 71.9 Å². The molecule has 1 aromatic heterocycles. The first-order valence-electron chi connectivity index (χ1n) is 6.57. The highest BCUT2D eigenvalue weighted by molar-refractivity contribution is 6.17. The van der Waals surface area contributed by atoms with E-state index >= 15 is 0 Å². The van der Waals surface area contributed by atoms with Crippen molar-refractivity contribution in [1.29, 1.82) is 0 Å². The second kappa shape index (κ2) is 5.94. The van der Waals surface area contributed by atoms with Crippen molar-refractivity contribution in [2.24, 2.45) is 0 Å². The number of alkyl halides is 1. The molecule has 3 nitrogen and oxygen atoms in total. The third-order valence-electron chi connectivity index (χ3n) is 3.20. The van der Waals surface area contributed by atoms with E-state index in [1.54, 1.807) is 12.3 Å². The highest BCUT2D eigenvalue weighted by atomic mass is 35.5. The van der Waals surface area contributed by atoms with Crippen LogP contribution in [0.2, 0.25) is 0 Å². The van der Waals surface area contributed by atoms with Crippen molar-refractivity contribution in [2.75, 3.05) is 5.32 Å². The molecule has 0 spiro atoms. The van der Waals surface area contributed by atoms with Gasteiger partial charge in [-0.1, -0.05) is 18.2 Å². The zero-order valence-electron chi connectivity index (χ0n) is 11.2. The first-order valence-corrected chi connectivity index (χ1v) is 7.11. The van der Waals surface area contributed by atoms with E-state index in [0.29, 0.717) is 11.4 Å². The van der Waals surface area contributed by atoms with Crippen LogP contribution >= 0.6 is 11.6 Å². The predicted octanol–water partition coefficient (Wildman–Crippen LogP) is 4.23. The summed E-state index contributed by atoms with van der Waals surface area (Å²) >= 11 is 5.80. The van der Waals surface area contributed by atoms with Gasteiger partial charge in [0.2, 0.25) is 0 Å². The molecule has 0 saturated heterocycles. The van der Waals surface area contributed by atoms with Gasteiger partial charge < -0.3 is 5.32 Å². The van der Waals surface area contributed by atoms with Crippen LogP contribution in [0.25, 0.3) is 10.9 Å². The van der Waals surface area contributed by atoms with Crippen LogP contribution in [0.1, 0.15) is 15.9 Å². The molecule has 0 radical (unpaired) electrons. The van der Waals surface area contributed by atoms with Crippen molar-refractivity contribution in [2.45, 2.75) is 5.88 Å². The number of hydrogen-bond acceptors (Lipinski definition) is 2. The molecule has 0 bridgehead atoms. The van der Waals surface area contributed by atoms with Crippen LogP contribution in [0.5, 0.6) is 0 Å². The Hall–Kier alpha value is -2.39. The molecule has 1 N–H and O–H groups in total. The van der Waals surface area contributed by atoms with Gasteiger partial charge in [0.1, 0.15) is 0 Å². The summed E-state index contributed by atoms with van der Waals surface area (Å²) in [6, 6.07) is 16.8. The third kappa shape index (κ3) is 3.03.